The average Bonchev–Trinajstić information content (AvgIpc) is 2.87. The van der Waals surface area contributed by atoms with Crippen molar-refractivity contribution in [1.29, 1.82) is 0 Å². The number of allylic oxidation sites excluding steroid dienone is 1. The van der Waals surface area contributed by atoms with Gasteiger partial charge in [-0.3, -0.25) is 9.98 Å². The number of nitrogens with two attached hydrogens (primary N) is 1. The lowest BCUT2D eigenvalue weighted by atomic mass is 10.1. The van der Waals surface area contributed by atoms with E-state index >= 15 is 0 Å². The molecule has 0 spiro atoms. The molecule has 2 aromatic heterocycles. The fourth-order valence-corrected chi connectivity index (χ4v) is 2.57. The van der Waals surface area contributed by atoms with Crippen molar-refractivity contribution < 1.29 is 0 Å². The van der Waals surface area contributed by atoms with E-state index < -0.39 is 0 Å². The maximum Gasteiger partial charge on any atom is 0.0992 e. The highest BCUT2D eigenvalue weighted by molar-refractivity contribution is 7.14. The van der Waals surface area contributed by atoms with Crippen LogP contribution in [0.4, 0.5) is 5.69 Å². The number of aromatic nitrogens is 2. The number of nitrogens with zero attached hydrogens (tertiary/aromatic N) is 3. The molecule has 3 rings (SSSR count). The Kier molecular flexibility index (Phi) is 2.90. The maximum absolute atomic E-state index is 5.73. The smallest absolute Gasteiger partial charge is 0.0992 e. The predicted octanol–water partition coefficient (Wildman–Crippen LogP) is 2.65. The summed E-state index contributed by atoms with van der Waals surface area (Å²) in [7, 11) is 0. The first-order chi connectivity index (χ1) is 8.83. The predicted molar refractivity (Wildman–Crippen MR) is 75.7 cm³/mol. The zero-order valence-electron chi connectivity index (χ0n) is 9.71. The number of thiophene rings is 1. The van der Waals surface area contributed by atoms with Gasteiger partial charge in [-0.05, 0) is 11.6 Å². The van der Waals surface area contributed by atoms with Gasteiger partial charge in [-0.1, -0.05) is 6.08 Å². The number of anilines is 1. The molecule has 2 aromatic rings. The summed E-state index contributed by atoms with van der Waals surface area (Å²) in [5.41, 5.74) is 9.48. The van der Waals surface area contributed by atoms with Gasteiger partial charge < -0.3 is 5.73 Å². The normalized spacial score (nSPS) is 14.6. The van der Waals surface area contributed by atoms with Crippen LogP contribution in [-0.2, 0) is 0 Å². The van der Waals surface area contributed by atoms with E-state index in [1.54, 1.807) is 23.7 Å². The summed E-state index contributed by atoms with van der Waals surface area (Å²) in [5.74, 6) is 0. The van der Waals surface area contributed by atoms with E-state index in [-0.39, 0.29) is 0 Å². The zero-order chi connectivity index (χ0) is 12.4. The number of nitrogen functional groups attached to an aromatic ring is 1. The number of hydrogen-bond donors (Lipinski definition) is 1. The molecular weight excluding hydrogens is 244 g/mol. The number of aliphatic imine (C=N–C) groups is 1. The van der Waals surface area contributed by atoms with Gasteiger partial charge in [0, 0.05) is 23.7 Å². The number of hydrogen-bond acceptors (Lipinski definition) is 5. The second-order valence-corrected chi connectivity index (χ2v) is 4.93. The van der Waals surface area contributed by atoms with Gasteiger partial charge in [-0.2, -0.15) is 0 Å². The van der Waals surface area contributed by atoms with E-state index in [1.807, 2.05) is 17.7 Å². The van der Waals surface area contributed by atoms with Crippen LogP contribution in [0.15, 0.2) is 34.9 Å². The van der Waals surface area contributed by atoms with Crippen LogP contribution in [0.25, 0.3) is 16.1 Å². The summed E-state index contributed by atoms with van der Waals surface area (Å²) < 4.78 is 0. The Morgan fingerprint density at radius 1 is 1.22 bits per heavy atom. The molecule has 4 nitrogen and oxygen atoms in total. The van der Waals surface area contributed by atoms with Crippen molar-refractivity contribution in [3.05, 3.63) is 35.6 Å². The highest BCUT2D eigenvalue weighted by atomic mass is 32.1. The van der Waals surface area contributed by atoms with E-state index in [4.69, 9.17) is 5.73 Å². The number of dihydropyridines is 1. The van der Waals surface area contributed by atoms with Crippen LogP contribution in [0.1, 0.15) is 12.1 Å². The molecule has 0 atom stereocenters. The third kappa shape index (κ3) is 2.17. The second-order valence-electron chi connectivity index (χ2n) is 4.02. The van der Waals surface area contributed by atoms with Crippen molar-refractivity contribution in [2.75, 3.05) is 12.3 Å². The first kappa shape index (κ1) is 11.1. The summed E-state index contributed by atoms with van der Waals surface area (Å²) >= 11 is 1.58. The van der Waals surface area contributed by atoms with Crippen molar-refractivity contribution in [3.63, 3.8) is 0 Å². The summed E-state index contributed by atoms with van der Waals surface area (Å²) in [6.07, 6.45) is 8.41. The summed E-state index contributed by atoms with van der Waals surface area (Å²) in [4.78, 5) is 14.1. The lowest BCUT2D eigenvalue weighted by Crippen LogP contribution is -1.98. The minimum atomic E-state index is 0.729. The molecule has 0 saturated heterocycles. The third-order valence-electron chi connectivity index (χ3n) is 2.72. The van der Waals surface area contributed by atoms with Gasteiger partial charge in [0.25, 0.3) is 0 Å². The topological polar surface area (TPSA) is 64.2 Å². The van der Waals surface area contributed by atoms with Gasteiger partial charge in [-0.25, -0.2) is 4.98 Å². The lowest BCUT2D eigenvalue weighted by molar-refractivity contribution is 1.14. The quantitative estimate of drug-likeness (QED) is 0.898. The SMILES string of the molecule is Nc1csc(-c2cncc(C3=CCN=CC3)n2)c1. The average molecular weight is 256 g/mol. The minimum Gasteiger partial charge on any atom is -0.398 e. The molecule has 0 radical (unpaired) electrons. The first-order valence-corrected chi connectivity index (χ1v) is 6.55. The van der Waals surface area contributed by atoms with Crippen LogP contribution in [-0.4, -0.2) is 22.7 Å². The molecule has 1 aliphatic rings. The van der Waals surface area contributed by atoms with Crippen LogP contribution in [0.2, 0.25) is 0 Å². The number of rotatable bonds is 2. The molecule has 0 amide bonds. The molecule has 18 heavy (non-hydrogen) atoms. The van der Waals surface area contributed by atoms with Gasteiger partial charge in [0.2, 0.25) is 0 Å². The van der Waals surface area contributed by atoms with Crippen LogP contribution in [0.5, 0.6) is 0 Å². The standard InChI is InChI=1S/C13H12N4S/c14-10-5-13(18-8-10)12-7-16-6-11(17-12)9-1-3-15-4-2-9/h1,4-8H,2-3,14H2. The third-order valence-corrected chi connectivity index (χ3v) is 3.69. The summed E-state index contributed by atoms with van der Waals surface area (Å²) in [6, 6.07) is 1.93. The Labute approximate surface area is 109 Å². The Morgan fingerprint density at radius 3 is 2.83 bits per heavy atom. The Balaban J connectivity index is 1.96. The molecule has 90 valence electrons. The van der Waals surface area contributed by atoms with E-state index in [0.717, 1.165) is 34.9 Å². The molecule has 1 aliphatic heterocycles. The fourth-order valence-electron chi connectivity index (χ4n) is 1.82. The van der Waals surface area contributed by atoms with Gasteiger partial charge in [0.15, 0.2) is 0 Å². The van der Waals surface area contributed by atoms with E-state index in [2.05, 4.69) is 21.0 Å². The van der Waals surface area contributed by atoms with Gasteiger partial charge >= 0.3 is 0 Å². The molecule has 0 aliphatic carbocycles. The van der Waals surface area contributed by atoms with Gasteiger partial charge in [0.05, 0.1) is 35.2 Å². The molecular formula is C13H12N4S. The van der Waals surface area contributed by atoms with Crippen molar-refractivity contribution in [1.82, 2.24) is 9.97 Å². The Hall–Kier alpha value is -2.01. The van der Waals surface area contributed by atoms with E-state index in [0.29, 0.717) is 0 Å². The molecule has 0 fully saturated rings. The molecule has 0 saturated carbocycles. The monoisotopic (exact) mass is 256 g/mol. The molecule has 2 N–H and O–H groups in total. The molecule has 5 heteroatoms. The van der Waals surface area contributed by atoms with Crippen LogP contribution in [0.3, 0.4) is 0 Å². The van der Waals surface area contributed by atoms with Crippen molar-refractivity contribution in [2.45, 2.75) is 6.42 Å². The largest absolute Gasteiger partial charge is 0.398 e. The highest BCUT2D eigenvalue weighted by Crippen LogP contribution is 2.27. The van der Waals surface area contributed by atoms with Crippen LogP contribution >= 0.6 is 11.3 Å². The van der Waals surface area contributed by atoms with Gasteiger partial charge in [0.1, 0.15) is 0 Å². The highest BCUT2D eigenvalue weighted by Gasteiger charge is 2.08. The summed E-state index contributed by atoms with van der Waals surface area (Å²) in [6.45, 7) is 0.729. The van der Waals surface area contributed by atoms with Crippen LogP contribution in [0, 0.1) is 0 Å². The molecule has 0 unspecified atom stereocenters. The molecule has 3 heterocycles. The van der Waals surface area contributed by atoms with Crippen LogP contribution < -0.4 is 5.73 Å². The minimum absolute atomic E-state index is 0.729. The van der Waals surface area contributed by atoms with E-state index in [1.165, 1.54) is 5.57 Å². The van der Waals surface area contributed by atoms with Gasteiger partial charge in [-0.15, -0.1) is 11.3 Å². The Bertz CT molecular complexity index is 627. The molecule has 0 bridgehead atoms. The van der Waals surface area contributed by atoms with E-state index in [9.17, 15) is 0 Å². The van der Waals surface area contributed by atoms with Crippen molar-refractivity contribution in [3.8, 4) is 10.6 Å². The Morgan fingerprint density at radius 2 is 2.11 bits per heavy atom. The zero-order valence-corrected chi connectivity index (χ0v) is 10.5. The van der Waals surface area contributed by atoms with Crippen molar-refractivity contribution >= 4 is 28.8 Å². The molecule has 0 aromatic carbocycles. The second kappa shape index (κ2) is 4.70. The first-order valence-electron chi connectivity index (χ1n) is 5.67. The maximum atomic E-state index is 5.73. The van der Waals surface area contributed by atoms with Crippen molar-refractivity contribution in [2.24, 2.45) is 4.99 Å². The fraction of sp³-hybridized carbons (Fsp3) is 0.154. The summed E-state index contributed by atoms with van der Waals surface area (Å²) in [5, 5.41) is 1.91. The lowest BCUT2D eigenvalue weighted by Gasteiger charge is -2.07.